The van der Waals surface area contributed by atoms with E-state index in [4.69, 9.17) is 15.2 Å². The maximum atomic E-state index is 6.26. The zero-order valence-corrected chi connectivity index (χ0v) is 13.9. The van der Waals surface area contributed by atoms with Gasteiger partial charge in [0.1, 0.15) is 0 Å². The maximum absolute atomic E-state index is 6.26. The summed E-state index contributed by atoms with van der Waals surface area (Å²) in [7, 11) is 3.31. The molecule has 0 saturated carbocycles. The Kier molecular flexibility index (Phi) is 4.55. The molecule has 3 unspecified atom stereocenters. The van der Waals surface area contributed by atoms with Gasteiger partial charge in [0.05, 0.1) is 14.2 Å². The van der Waals surface area contributed by atoms with E-state index in [0.717, 1.165) is 17.9 Å². The molecule has 0 heterocycles. The molecule has 4 nitrogen and oxygen atoms in total. The minimum absolute atomic E-state index is 0.112. The second-order valence-electron chi connectivity index (χ2n) is 6.03. The van der Waals surface area contributed by atoms with Crippen LogP contribution in [0.25, 0.3) is 0 Å². The Morgan fingerprint density at radius 1 is 1.04 bits per heavy atom. The van der Waals surface area contributed by atoms with Crippen LogP contribution in [0.5, 0.6) is 11.5 Å². The molecule has 2 aromatic carbocycles. The Balaban J connectivity index is 1.79. The normalized spacial score (nSPS) is 20.9. The smallest absolute Gasteiger partial charge is 0.161 e. The second-order valence-corrected chi connectivity index (χ2v) is 6.03. The number of rotatable bonds is 5. The lowest BCUT2D eigenvalue weighted by molar-refractivity contribution is 0.353. The van der Waals surface area contributed by atoms with Crippen molar-refractivity contribution in [1.29, 1.82) is 0 Å². The van der Waals surface area contributed by atoms with Gasteiger partial charge < -0.3 is 20.5 Å². The molecule has 0 radical (unpaired) electrons. The first-order valence-corrected chi connectivity index (χ1v) is 7.96. The van der Waals surface area contributed by atoms with Crippen molar-refractivity contribution >= 4 is 0 Å². The first kappa shape index (κ1) is 15.8. The van der Waals surface area contributed by atoms with Crippen molar-refractivity contribution in [2.24, 2.45) is 5.73 Å². The van der Waals surface area contributed by atoms with Gasteiger partial charge in [0.25, 0.3) is 0 Å². The van der Waals surface area contributed by atoms with Gasteiger partial charge in [-0.1, -0.05) is 30.3 Å². The Bertz CT molecular complexity index is 687. The number of hydrogen-bond donors (Lipinski definition) is 2. The number of nitrogens with two attached hydrogens (primary N) is 1. The highest BCUT2D eigenvalue weighted by Gasteiger charge is 2.29. The van der Waals surface area contributed by atoms with E-state index >= 15 is 0 Å². The molecule has 0 spiro atoms. The van der Waals surface area contributed by atoms with Crippen molar-refractivity contribution in [2.75, 3.05) is 14.2 Å². The quantitative estimate of drug-likeness (QED) is 0.887. The molecular formula is C19H24N2O2. The van der Waals surface area contributed by atoms with E-state index in [1.807, 2.05) is 12.1 Å². The molecule has 3 atom stereocenters. The number of ether oxygens (including phenoxy) is 2. The van der Waals surface area contributed by atoms with Gasteiger partial charge in [-0.2, -0.15) is 0 Å². The van der Waals surface area contributed by atoms with Crippen LogP contribution in [0, 0.1) is 0 Å². The molecule has 1 aliphatic rings. The fraction of sp³-hybridized carbons (Fsp3) is 0.368. The Hall–Kier alpha value is -2.04. The second kappa shape index (κ2) is 6.60. The molecule has 3 rings (SSSR count). The number of benzene rings is 2. The summed E-state index contributed by atoms with van der Waals surface area (Å²) in [6, 6.07) is 15.1. The van der Waals surface area contributed by atoms with Gasteiger partial charge in [-0.3, -0.25) is 0 Å². The largest absolute Gasteiger partial charge is 0.493 e. The molecule has 122 valence electrons. The van der Waals surface area contributed by atoms with Crippen LogP contribution in [0.2, 0.25) is 0 Å². The van der Waals surface area contributed by atoms with Gasteiger partial charge in [-0.25, -0.2) is 0 Å². The molecule has 4 heteroatoms. The van der Waals surface area contributed by atoms with Crippen LogP contribution in [-0.2, 0) is 0 Å². The Morgan fingerprint density at radius 3 is 2.43 bits per heavy atom. The van der Waals surface area contributed by atoms with Crippen molar-refractivity contribution in [3.05, 3.63) is 59.2 Å². The highest BCUT2D eigenvalue weighted by molar-refractivity contribution is 5.44. The highest BCUT2D eigenvalue weighted by atomic mass is 16.5. The first-order valence-electron chi connectivity index (χ1n) is 7.96. The van der Waals surface area contributed by atoms with Crippen molar-refractivity contribution in [3.63, 3.8) is 0 Å². The van der Waals surface area contributed by atoms with Crippen LogP contribution in [-0.4, -0.2) is 14.2 Å². The maximum Gasteiger partial charge on any atom is 0.161 e. The topological polar surface area (TPSA) is 56.5 Å². The molecule has 0 aromatic heterocycles. The van der Waals surface area contributed by atoms with Gasteiger partial charge in [-0.15, -0.1) is 0 Å². The number of hydrogen-bond acceptors (Lipinski definition) is 4. The van der Waals surface area contributed by atoms with Crippen LogP contribution < -0.4 is 20.5 Å². The predicted octanol–water partition coefficient (Wildman–Crippen LogP) is 3.50. The van der Waals surface area contributed by atoms with Crippen LogP contribution in [0.15, 0.2) is 42.5 Å². The van der Waals surface area contributed by atoms with Crippen molar-refractivity contribution in [3.8, 4) is 11.5 Å². The molecule has 0 fully saturated rings. The molecule has 1 aliphatic carbocycles. The minimum atomic E-state index is 0.112. The van der Waals surface area contributed by atoms with E-state index in [2.05, 4.69) is 42.6 Å². The monoisotopic (exact) mass is 312 g/mol. The van der Waals surface area contributed by atoms with Crippen LogP contribution in [0.1, 0.15) is 48.2 Å². The van der Waals surface area contributed by atoms with Crippen molar-refractivity contribution in [1.82, 2.24) is 5.32 Å². The average molecular weight is 312 g/mol. The fourth-order valence-electron chi connectivity index (χ4n) is 3.35. The molecule has 3 N–H and O–H groups in total. The van der Waals surface area contributed by atoms with Crippen LogP contribution in [0.3, 0.4) is 0 Å². The van der Waals surface area contributed by atoms with E-state index in [9.17, 15) is 0 Å². The number of methoxy groups -OCH3 is 2. The minimum Gasteiger partial charge on any atom is -0.493 e. The summed E-state index contributed by atoms with van der Waals surface area (Å²) >= 11 is 0. The fourth-order valence-corrected chi connectivity index (χ4v) is 3.35. The van der Waals surface area contributed by atoms with Crippen molar-refractivity contribution in [2.45, 2.75) is 31.5 Å². The van der Waals surface area contributed by atoms with E-state index in [1.165, 1.54) is 16.7 Å². The van der Waals surface area contributed by atoms with E-state index < -0.39 is 0 Å². The molecule has 2 aromatic rings. The first-order chi connectivity index (χ1) is 11.1. The molecule has 0 saturated heterocycles. The molecule has 0 amide bonds. The van der Waals surface area contributed by atoms with Crippen LogP contribution in [0.4, 0.5) is 0 Å². The van der Waals surface area contributed by atoms with Gasteiger partial charge in [0, 0.05) is 18.1 Å². The third kappa shape index (κ3) is 3.05. The van der Waals surface area contributed by atoms with Gasteiger partial charge in [0.15, 0.2) is 11.5 Å². The SMILES string of the molecule is COc1ccc(C(C)NC2CC(N)c3ccccc32)cc1OC. The summed E-state index contributed by atoms with van der Waals surface area (Å²) in [5.41, 5.74) is 9.99. The van der Waals surface area contributed by atoms with Gasteiger partial charge in [-0.05, 0) is 42.2 Å². The summed E-state index contributed by atoms with van der Waals surface area (Å²) in [5.74, 6) is 1.50. The third-order valence-electron chi connectivity index (χ3n) is 4.62. The van der Waals surface area contributed by atoms with Crippen LogP contribution >= 0.6 is 0 Å². The molecule has 0 aliphatic heterocycles. The Morgan fingerprint density at radius 2 is 1.74 bits per heavy atom. The standard InChI is InChI=1S/C19H24N2O2/c1-12(13-8-9-18(22-2)19(10-13)23-3)21-17-11-16(20)14-6-4-5-7-15(14)17/h4-10,12,16-17,21H,11,20H2,1-3H3. The lowest BCUT2D eigenvalue weighted by atomic mass is 10.0. The van der Waals surface area contributed by atoms with E-state index in [0.29, 0.717) is 0 Å². The summed E-state index contributed by atoms with van der Waals surface area (Å²) in [6.07, 6.45) is 0.928. The van der Waals surface area contributed by atoms with E-state index in [1.54, 1.807) is 14.2 Å². The molecule has 0 bridgehead atoms. The zero-order valence-electron chi connectivity index (χ0n) is 13.9. The lowest BCUT2D eigenvalue weighted by Gasteiger charge is -2.22. The molecular weight excluding hydrogens is 288 g/mol. The van der Waals surface area contributed by atoms with E-state index in [-0.39, 0.29) is 18.1 Å². The molecule has 23 heavy (non-hydrogen) atoms. The Labute approximate surface area is 137 Å². The highest BCUT2D eigenvalue weighted by Crippen LogP contribution is 2.39. The average Bonchev–Trinajstić information content (AvgIpc) is 2.90. The summed E-state index contributed by atoms with van der Waals surface area (Å²) < 4.78 is 10.7. The number of fused-ring (bicyclic) bond motifs is 1. The summed E-state index contributed by atoms with van der Waals surface area (Å²) in [4.78, 5) is 0. The summed E-state index contributed by atoms with van der Waals surface area (Å²) in [5, 5.41) is 3.69. The van der Waals surface area contributed by atoms with Gasteiger partial charge >= 0.3 is 0 Å². The van der Waals surface area contributed by atoms with Crippen molar-refractivity contribution < 1.29 is 9.47 Å². The lowest BCUT2D eigenvalue weighted by Crippen LogP contribution is -2.23. The predicted molar refractivity (Wildman–Crippen MR) is 91.8 cm³/mol. The van der Waals surface area contributed by atoms with Gasteiger partial charge in [0.2, 0.25) is 0 Å². The number of nitrogens with one attached hydrogen (secondary N) is 1. The summed E-state index contributed by atoms with van der Waals surface area (Å²) in [6.45, 7) is 2.16. The third-order valence-corrected chi connectivity index (χ3v) is 4.62. The zero-order chi connectivity index (χ0) is 16.4.